The summed E-state index contributed by atoms with van der Waals surface area (Å²) in [6.07, 6.45) is 5.68. The lowest BCUT2D eigenvalue weighted by Crippen LogP contribution is -2.42. The van der Waals surface area contributed by atoms with Crippen LogP contribution in [-0.2, 0) is 10.2 Å². The summed E-state index contributed by atoms with van der Waals surface area (Å²) in [6, 6.07) is 6.11. The van der Waals surface area contributed by atoms with E-state index in [-0.39, 0.29) is 23.3 Å². The zero-order valence-electron chi connectivity index (χ0n) is 15.0. The van der Waals surface area contributed by atoms with Crippen LogP contribution in [-0.4, -0.2) is 42.7 Å². The summed E-state index contributed by atoms with van der Waals surface area (Å²) < 4.78 is 5.43. The molecule has 24 heavy (non-hydrogen) atoms. The average molecular weight is 331 g/mol. The third kappa shape index (κ3) is 3.16. The van der Waals surface area contributed by atoms with E-state index in [0.29, 0.717) is 6.54 Å². The van der Waals surface area contributed by atoms with Crippen molar-refractivity contribution in [3.05, 3.63) is 29.3 Å². The molecule has 4 nitrogen and oxygen atoms in total. The molecule has 2 fully saturated rings. The molecule has 0 saturated heterocycles. The first kappa shape index (κ1) is 17.3. The minimum atomic E-state index is -0.380. The Morgan fingerprint density at radius 1 is 1.33 bits per heavy atom. The number of hydrogen-bond donors (Lipinski definition) is 1. The maximum Gasteiger partial charge on any atom is 0.232 e. The quantitative estimate of drug-likeness (QED) is 0.902. The zero-order chi connectivity index (χ0) is 17.3. The molecule has 132 valence electrons. The fourth-order valence-corrected chi connectivity index (χ4v) is 4.07. The third-order valence-corrected chi connectivity index (χ3v) is 5.84. The van der Waals surface area contributed by atoms with E-state index in [9.17, 15) is 9.90 Å². The van der Waals surface area contributed by atoms with E-state index in [0.717, 1.165) is 55.4 Å². The Balaban J connectivity index is 1.73. The van der Waals surface area contributed by atoms with Gasteiger partial charge in [0.05, 0.1) is 18.6 Å². The number of likely N-dealkylation sites (N-methyl/N-ethyl adjacent to an activating group) is 1. The van der Waals surface area contributed by atoms with Gasteiger partial charge in [-0.05, 0) is 49.8 Å². The van der Waals surface area contributed by atoms with Gasteiger partial charge in [0, 0.05) is 19.5 Å². The van der Waals surface area contributed by atoms with Crippen LogP contribution in [0, 0.1) is 12.8 Å². The van der Waals surface area contributed by atoms with Crippen LogP contribution in [0.2, 0.25) is 0 Å². The highest BCUT2D eigenvalue weighted by Crippen LogP contribution is 2.50. The minimum absolute atomic E-state index is 0.186. The molecule has 0 bridgehead atoms. The van der Waals surface area contributed by atoms with E-state index in [1.54, 1.807) is 7.11 Å². The molecule has 2 saturated carbocycles. The summed E-state index contributed by atoms with van der Waals surface area (Å²) in [4.78, 5) is 14.9. The Morgan fingerprint density at radius 2 is 2.04 bits per heavy atom. The number of aliphatic hydroxyl groups excluding tert-OH is 1. The largest absolute Gasteiger partial charge is 0.496 e. The van der Waals surface area contributed by atoms with Gasteiger partial charge in [-0.1, -0.05) is 25.0 Å². The SMILES string of the molecule is COc1cc(C2(C(=O)N(C)CC3CCCCC3O)CC2)ccc1C. The van der Waals surface area contributed by atoms with Crippen LogP contribution in [0.4, 0.5) is 0 Å². The van der Waals surface area contributed by atoms with Crippen LogP contribution < -0.4 is 4.74 Å². The summed E-state index contributed by atoms with van der Waals surface area (Å²) in [5.41, 5.74) is 1.77. The van der Waals surface area contributed by atoms with Gasteiger partial charge in [-0.2, -0.15) is 0 Å². The highest BCUT2D eigenvalue weighted by Gasteiger charge is 2.52. The predicted octanol–water partition coefficient (Wildman–Crippen LogP) is 3.04. The van der Waals surface area contributed by atoms with Crippen molar-refractivity contribution in [2.45, 2.75) is 57.0 Å². The van der Waals surface area contributed by atoms with E-state index in [2.05, 4.69) is 6.07 Å². The van der Waals surface area contributed by atoms with Gasteiger partial charge in [-0.15, -0.1) is 0 Å². The van der Waals surface area contributed by atoms with Crippen molar-refractivity contribution >= 4 is 5.91 Å². The molecule has 1 N–H and O–H groups in total. The van der Waals surface area contributed by atoms with E-state index in [4.69, 9.17) is 4.74 Å². The van der Waals surface area contributed by atoms with Gasteiger partial charge in [-0.25, -0.2) is 0 Å². The molecule has 4 heteroatoms. The maximum absolute atomic E-state index is 13.1. The summed E-state index contributed by atoms with van der Waals surface area (Å²) >= 11 is 0. The van der Waals surface area contributed by atoms with Crippen molar-refractivity contribution in [1.82, 2.24) is 4.90 Å². The number of aliphatic hydroxyl groups is 1. The first-order chi connectivity index (χ1) is 11.5. The van der Waals surface area contributed by atoms with Crippen LogP contribution in [0.25, 0.3) is 0 Å². The lowest BCUT2D eigenvalue weighted by Gasteiger charge is -2.33. The van der Waals surface area contributed by atoms with Crippen LogP contribution in [0.15, 0.2) is 18.2 Å². The van der Waals surface area contributed by atoms with E-state index in [1.807, 2.05) is 31.0 Å². The molecule has 0 spiro atoms. The number of rotatable bonds is 5. The summed E-state index contributed by atoms with van der Waals surface area (Å²) in [5.74, 6) is 1.25. The van der Waals surface area contributed by atoms with Gasteiger partial charge in [-0.3, -0.25) is 4.79 Å². The molecule has 1 aromatic rings. The molecule has 3 rings (SSSR count). The second-order valence-electron chi connectivity index (χ2n) is 7.56. The number of carbonyl (C=O) groups excluding carboxylic acids is 1. The van der Waals surface area contributed by atoms with Gasteiger partial charge in [0.15, 0.2) is 0 Å². The van der Waals surface area contributed by atoms with Gasteiger partial charge >= 0.3 is 0 Å². The Hall–Kier alpha value is -1.55. The molecule has 0 heterocycles. The Morgan fingerprint density at radius 3 is 2.67 bits per heavy atom. The number of carbonyl (C=O) groups is 1. The lowest BCUT2D eigenvalue weighted by molar-refractivity contribution is -0.134. The smallest absolute Gasteiger partial charge is 0.232 e. The number of amides is 1. The number of benzene rings is 1. The van der Waals surface area contributed by atoms with E-state index >= 15 is 0 Å². The van der Waals surface area contributed by atoms with Gasteiger partial charge in [0.25, 0.3) is 0 Å². The molecular formula is C20H29NO3. The van der Waals surface area contributed by atoms with Crippen molar-refractivity contribution < 1.29 is 14.6 Å². The number of methoxy groups -OCH3 is 1. The lowest BCUT2D eigenvalue weighted by atomic mass is 9.85. The Labute approximate surface area is 144 Å². The van der Waals surface area contributed by atoms with Gasteiger partial charge in [0.1, 0.15) is 5.75 Å². The molecule has 2 aliphatic rings. The molecule has 2 atom stereocenters. The van der Waals surface area contributed by atoms with Crippen LogP contribution in [0.1, 0.15) is 49.7 Å². The molecular weight excluding hydrogens is 302 g/mol. The van der Waals surface area contributed by atoms with E-state index < -0.39 is 0 Å². The summed E-state index contributed by atoms with van der Waals surface area (Å²) in [7, 11) is 3.55. The van der Waals surface area contributed by atoms with Crippen molar-refractivity contribution in [2.24, 2.45) is 5.92 Å². The minimum Gasteiger partial charge on any atom is -0.496 e. The van der Waals surface area contributed by atoms with Crippen molar-refractivity contribution in [1.29, 1.82) is 0 Å². The molecule has 2 aliphatic carbocycles. The summed E-state index contributed by atoms with van der Waals surface area (Å²) in [5, 5.41) is 10.2. The Bertz CT molecular complexity index is 609. The first-order valence-corrected chi connectivity index (χ1v) is 9.06. The van der Waals surface area contributed by atoms with Crippen LogP contribution in [0.3, 0.4) is 0 Å². The Kier molecular flexibility index (Phi) is 4.86. The number of ether oxygens (including phenoxy) is 1. The monoisotopic (exact) mass is 331 g/mol. The van der Waals surface area contributed by atoms with Gasteiger partial charge in [0.2, 0.25) is 5.91 Å². The van der Waals surface area contributed by atoms with Crippen LogP contribution in [0.5, 0.6) is 5.75 Å². The van der Waals surface area contributed by atoms with Crippen molar-refractivity contribution in [2.75, 3.05) is 20.7 Å². The fraction of sp³-hybridized carbons (Fsp3) is 0.650. The number of nitrogens with zero attached hydrogens (tertiary/aromatic N) is 1. The first-order valence-electron chi connectivity index (χ1n) is 9.06. The molecule has 1 amide bonds. The van der Waals surface area contributed by atoms with Crippen LogP contribution >= 0.6 is 0 Å². The van der Waals surface area contributed by atoms with Crippen molar-refractivity contribution in [3.8, 4) is 5.75 Å². The molecule has 0 radical (unpaired) electrons. The maximum atomic E-state index is 13.1. The molecule has 0 aromatic heterocycles. The number of hydrogen-bond acceptors (Lipinski definition) is 3. The number of aryl methyl sites for hydroxylation is 1. The standard InChI is InChI=1S/C20H29NO3/c1-14-8-9-16(12-18(14)24-3)20(10-11-20)19(23)21(2)13-15-6-4-5-7-17(15)22/h8-9,12,15,17,22H,4-7,10-11,13H2,1-3H3. The highest BCUT2D eigenvalue weighted by molar-refractivity contribution is 5.91. The predicted molar refractivity (Wildman–Crippen MR) is 94.2 cm³/mol. The molecule has 0 aliphatic heterocycles. The highest BCUT2D eigenvalue weighted by atomic mass is 16.5. The fourth-order valence-electron chi connectivity index (χ4n) is 4.07. The topological polar surface area (TPSA) is 49.8 Å². The third-order valence-electron chi connectivity index (χ3n) is 5.84. The summed E-state index contributed by atoms with van der Waals surface area (Å²) in [6.45, 7) is 2.67. The zero-order valence-corrected chi connectivity index (χ0v) is 15.0. The van der Waals surface area contributed by atoms with Gasteiger partial charge < -0.3 is 14.7 Å². The second-order valence-corrected chi connectivity index (χ2v) is 7.56. The second kappa shape index (κ2) is 6.75. The molecule has 1 aromatic carbocycles. The molecule has 2 unspecified atom stereocenters. The van der Waals surface area contributed by atoms with E-state index in [1.165, 1.54) is 0 Å². The normalized spacial score (nSPS) is 25.2. The average Bonchev–Trinajstić information content (AvgIpc) is 3.38. The van der Waals surface area contributed by atoms with Crippen molar-refractivity contribution in [3.63, 3.8) is 0 Å².